The van der Waals surface area contributed by atoms with E-state index in [1.807, 2.05) is 92.7 Å². The van der Waals surface area contributed by atoms with Gasteiger partial charge >= 0.3 is 0 Å². The predicted molar refractivity (Wildman–Crippen MR) is 151 cm³/mol. The molecule has 0 saturated heterocycles. The number of methoxy groups -OCH3 is 1. The summed E-state index contributed by atoms with van der Waals surface area (Å²) < 4.78 is 12.1. The number of fused-ring (bicyclic) bond motifs is 3. The topological polar surface area (TPSA) is 79.3 Å². The molecule has 0 saturated carbocycles. The van der Waals surface area contributed by atoms with E-state index < -0.39 is 6.10 Å². The highest BCUT2D eigenvalue weighted by molar-refractivity contribution is 6.01. The summed E-state index contributed by atoms with van der Waals surface area (Å²) in [5.41, 5.74) is 4.11. The van der Waals surface area contributed by atoms with Crippen LogP contribution in [0.1, 0.15) is 41.4 Å². The minimum Gasteiger partial charge on any atom is -0.394 e. The first kappa shape index (κ1) is 28.5. The Kier molecular flexibility index (Phi) is 9.51. The van der Waals surface area contributed by atoms with Gasteiger partial charge in [-0.2, -0.15) is 0 Å². The molecular formula is C32H38N2O5. The molecule has 3 aromatic rings. The summed E-state index contributed by atoms with van der Waals surface area (Å²) in [7, 11) is 3.28. The number of hydrogen-bond acceptors (Lipinski definition) is 5. The van der Waals surface area contributed by atoms with Crippen molar-refractivity contribution >= 4 is 11.8 Å². The van der Waals surface area contributed by atoms with Gasteiger partial charge in [-0.1, -0.05) is 79.7 Å². The average Bonchev–Trinajstić information content (AvgIpc) is 2.99. The monoisotopic (exact) mass is 530 g/mol. The van der Waals surface area contributed by atoms with Gasteiger partial charge in [0, 0.05) is 38.7 Å². The molecule has 39 heavy (non-hydrogen) atoms. The second-order valence-corrected chi connectivity index (χ2v) is 10.3. The molecule has 7 heteroatoms. The summed E-state index contributed by atoms with van der Waals surface area (Å²) in [4.78, 5) is 30.8. The molecule has 0 radical (unpaired) electrons. The third-order valence-electron chi connectivity index (χ3n) is 7.49. The van der Waals surface area contributed by atoms with E-state index in [-0.39, 0.29) is 36.5 Å². The Hall–Kier alpha value is -3.52. The van der Waals surface area contributed by atoms with Crippen LogP contribution in [-0.4, -0.2) is 72.7 Å². The molecule has 0 spiro atoms. The van der Waals surface area contributed by atoms with Crippen LogP contribution in [0.25, 0.3) is 11.1 Å². The van der Waals surface area contributed by atoms with Gasteiger partial charge in [-0.3, -0.25) is 9.59 Å². The summed E-state index contributed by atoms with van der Waals surface area (Å²) in [5.74, 6) is -0.436. The van der Waals surface area contributed by atoms with E-state index in [1.54, 1.807) is 16.8 Å². The van der Waals surface area contributed by atoms with E-state index in [0.29, 0.717) is 25.3 Å². The molecule has 0 aromatic heterocycles. The lowest BCUT2D eigenvalue weighted by Crippen LogP contribution is -2.48. The second kappa shape index (κ2) is 13.0. The summed E-state index contributed by atoms with van der Waals surface area (Å²) in [6, 6.07) is 24.5. The van der Waals surface area contributed by atoms with Gasteiger partial charge in [0.1, 0.15) is 0 Å². The highest BCUT2D eigenvalue weighted by atomic mass is 16.5. The number of carbonyl (C=O) groups excluding carboxylic acids is 2. The maximum Gasteiger partial charge on any atom is 0.256 e. The highest BCUT2D eigenvalue weighted by Gasteiger charge is 2.32. The largest absolute Gasteiger partial charge is 0.394 e. The predicted octanol–water partition coefficient (Wildman–Crippen LogP) is 4.56. The Morgan fingerprint density at radius 2 is 1.64 bits per heavy atom. The number of hydrogen-bond donors (Lipinski definition) is 1. The van der Waals surface area contributed by atoms with E-state index in [4.69, 9.17) is 9.47 Å². The second-order valence-electron chi connectivity index (χ2n) is 10.3. The minimum absolute atomic E-state index is 0.131. The molecule has 1 aliphatic heterocycles. The number of aliphatic hydroxyl groups is 1. The SMILES string of the molecule is CO[C@@H](C(=O)N(C)C[C@H]1OCc2ccccc2-c2ccccc2C(=O)N([C@H](C)CO)C[C@@H]1C)c1ccccc1. The molecule has 7 nitrogen and oxygen atoms in total. The maximum atomic E-state index is 13.9. The number of ether oxygens (including phenoxy) is 2. The van der Waals surface area contributed by atoms with Crippen LogP contribution in [0.15, 0.2) is 78.9 Å². The van der Waals surface area contributed by atoms with E-state index >= 15 is 0 Å². The highest BCUT2D eigenvalue weighted by Crippen LogP contribution is 2.31. The van der Waals surface area contributed by atoms with Crippen LogP contribution >= 0.6 is 0 Å². The Labute approximate surface area is 231 Å². The molecule has 0 aliphatic carbocycles. The van der Waals surface area contributed by atoms with Crippen LogP contribution in [0, 0.1) is 5.92 Å². The van der Waals surface area contributed by atoms with Gasteiger partial charge in [-0.15, -0.1) is 0 Å². The van der Waals surface area contributed by atoms with Gasteiger partial charge in [0.25, 0.3) is 11.8 Å². The molecular weight excluding hydrogens is 492 g/mol. The summed E-state index contributed by atoms with van der Waals surface area (Å²) >= 11 is 0. The van der Waals surface area contributed by atoms with E-state index in [9.17, 15) is 14.7 Å². The van der Waals surface area contributed by atoms with Gasteiger partial charge in [0.05, 0.1) is 25.4 Å². The standard InChI is InChI=1S/C32H38N2O5/c1-22-18-34(23(2)20-35)31(36)28-17-11-10-16-27(28)26-15-9-8-14-25(26)21-39-29(22)19-33(3)32(37)30(38-4)24-12-6-5-7-13-24/h5-17,22-23,29-30,35H,18-21H2,1-4H3/t22-,23+,29+,30+/m0/s1. The smallest absolute Gasteiger partial charge is 0.256 e. The van der Waals surface area contributed by atoms with Crippen molar-refractivity contribution < 1.29 is 24.2 Å². The molecule has 1 N–H and O–H groups in total. The van der Waals surface area contributed by atoms with Crippen molar-refractivity contribution in [3.63, 3.8) is 0 Å². The fourth-order valence-corrected chi connectivity index (χ4v) is 5.12. The number of rotatable bonds is 7. The van der Waals surface area contributed by atoms with E-state index in [1.165, 1.54) is 7.11 Å². The van der Waals surface area contributed by atoms with Crippen molar-refractivity contribution in [3.05, 3.63) is 95.6 Å². The van der Waals surface area contributed by atoms with Crippen molar-refractivity contribution in [2.75, 3.05) is 33.9 Å². The molecule has 2 amide bonds. The molecule has 0 bridgehead atoms. The van der Waals surface area contributed by atoms with Crippen molar-refractivity contribution in [1.29, 1.82) is 0 Å². The van der Waals surface area contributed by atoms with Crippen molar-refractivity contribution in [2.45, 2.75) is 38.7 Å². The van der Waals surface area contributed by atoms with Crippen LogP contribution in [0.5, 0.6) is 0 Å². The lowest BCUT2D eigenvalue weighted by Gasteiger charge is -2.35. The molecule has 206 valence electrons. The number of aliphatic hydroxyl groups excluding tert-OH is 1. The number of likely N-dealkylation sites (N-methyl/N-ethyl adjacent to an activating group) is 1. The zero-order valence-electron chi connectivity index (χ0n) is 23.1. The van der Waals surface area contributed by atoms with Crippen molar-refractivity contribution in [3.8, 4) is 11.1 Å². The average molecular weight is 531 g/mol. The lowest BCUT2D eigenvalue weighted by atomic mass is 9.94. The van der Waals surface area contributed by atoms with E-state index in [0.717, 1.165) is 22.3 Å². The number of amides is 2. The van der Waals surface area contributed by atoms with Crippen LogP contribution in [0.2, 0.25) is 0 Å². The van der Waals surface area contributed by atoms with Crippen molar-refractivity contribution in [2.24, 2.45) is 5.92 Å². The number of nitrogens with zero attached hydrogens (tertiary/aromatic N) is 2. The first-order valence-electron chi connectivity index (χ1n) is 13.4. The van der Waals surface area contributed by atoms with Crippen LogP contribution in [0.4, 0.5) is 0 Å². The fourth-order valence-electron chi connectivity index (χ4n) is 5.12. The van der Waals surface area contributed by atoms with Gasteiger partial charge < -0.3 is 24.4 Å². The molecule has 3 aromatic carbocycles. The van der Waals surface area contributed by atoms with E-state index in [2.05, 4.69) is 0 Å². The first-order valence-corrected chi connectivity index (χ1v) is 13.4. The third-order valence-corrected chi connectivity index (χ3v) is 7.49. The van der Waals surface area contributed by atoms with Gasteiger partial charge in [-0.25, -0.2) is 0 Å². The Bertz CT molecular complexity index is 1260. The minimum atomic E-state index is -0.725. The van der Waals surface area contributed by atoms with Gasteiger partial charge in [0.2, 0.25) is 0 Å². The zero-order valence-corrected chi connectivity index (χ0v) is 23.1. The molecule has 1 aliphatic rings. The Balaban J connectivity index is 1.68. The quantitative estimate of drug-likeness (QED) is 0.485. The third kappa shape index (κ3) is 6.38. The first-order chi connectivity index (χ1) is 18.8. The fraction of sp³-hybridized carbons (Fsp3) is 0.375. The molecule has 1 heterocycles. The molecule has 4 atom stereocenters. The van der Waals surface area contributed by atoms with Crippen molar-refractivity contribution in [1.82, 2.24) is 9.80 Å². The Morgan fingerprint density at radius 1 is 1.03 bits per heavy atom. The van der Waals surface area contributed by atoms with Crippen LogP contribution in [0.3, 0.4) is 0 Å². The number of carbonyl (C=O) groups is 2. The van der Waals surface area contributed by atoms with Gasteiger partial charge in [0.15, 0.2) is 6.10 Å². The normalized spacial score (nSPS) is 19.3. The Morgan fingerprint density at radius 3 is 2.31 bits per heavy atom. The summed E-state index contributed by atoms with van der Waals surface area (Å²) in [6.45, 7) is 4.72. The summed E-state index contributed by atoms with van der Waals surface area (Å²) in [6.07, 6.45) is -1.10. The summed E-state index contributed by atoms with van der Waals surface area (Å²) in [5, 5.41) is 10.0. The number of benzene rings is 3. The zero-order chi connectivity index (χ0) is 27.9. The molecule has 0 unspecified atom stereocenters. The lowest BCUT2D eigenvalue weighted by molar-refractivity contribution is -0.143. The molecule has 0 fully saturated rings. The maximum absolute atomic E-state index is 13.9. The van der Waals surface area contributed by atoms with Gasteiger partial charge in [-0.05, 0) is 35.2 Å². The van der Waals surface area contributed by atoms with Crippen LogP contribution in [-0.2, 0) is 20.9 Å². The molecule has 4 rings (SSSR count). The van der Waals surface area contributed by atoms with Crippen LogP contribution < -0.4 is 0 Å².